The zero-order chi connectivity index (χ0) is 13.2. The molecule has 1 aromatic heterocycles. The van der Waals surface area contributed by atoms with Gasteiger partial charge in [-0.2, -0.15) is 0 Å². The summed E-state index contributed by atoms with van der Waals surface area (Å²) < 4.78 is 0. The number of rotatable bonds is 3. The predicted octanol–water partition coefficient (Wildman–Crippen LogP) is 1.78. The van der Waals surface area contributed by atoms with Crippen LogP contribution in [0.3, 0.4) is 0 Å². The van der Waals surface area contributed by atoms with Crippen LogP contribution in [-0.2, 0) is 4.79 Å². The zero-order valence-corrected chi connectivity index (χ0v) is 11.0. The molecular formula is C14H21N3O. The van der Waals surface area contributed by atoms with Crippen molar-refractivity contribution in [1.82, 2.24) is 10.3 Å². The van der Waals surface area contributed by atoms with Crippen LogP contribution >= 0.6 is 0 Å². The molecule has 3 N–H and O–H groups in total. The van der Waals surface area contributed by atoms with Crippen LogP contribution in [0.4, 0.5) is 0 Å². The van der Waals surface area contributed by atoms with Crippen molar-refractivity contribution in [2.24, 2.45) is 11.1 Å². The summed E-state index contributed by atoms with van der Waals surface area (Å²) >= 11 is 0. The molecular weight excluding hydrogens is 226 g/mol. The van der Waals surface area contributed by atoms with Gasteiger partial charge >= 0.3 is 0 Å². The molecule has 3 unspecified atom stereocenters. The topological polar surface area (TPSA) is 68.0 Å². The highest BCUT2D eigenvalue weighted by molar-refractivity contribution is 5.83. The highest BCUT2D eigenvalue weighted by Gasteiger charge is 2.43. The van der Waals surface area contributed by atoms with Gasteiger partial charge in [-0.15, -0.1) is 0 Å². The Bertz CT molecular complexity index is 420. The first-order valence-corrected chi connectivity index (χ1v) is 6.50. The fourth-order valence-corrected chi connectivity index (χ4v) is 2.57. The molecule has 4 nitrogen and oxygen atoms in total. The van der Waals surface area contributed by atoms with E-state index in [-0.39, 0.29) is 18.0 Å². The van der Waals surface area contributed by atoms with Crippen LogP contribution in [0.1, 0.15) is 44.7 Å². The van der Waals surface area contributed by atoms with E-state index in [9.17, 15) is 4.79 Å². The number of nitrogens with one attached hydrogen (secondary N) is 1. The largest absolute Gasteiger partial charge is 0.349 e. The third-order valence-corrected chi connectivity index (χ3v) is 4.10. The molecule has 0 aromatic carbocycles. The monoisotopic (exact) mass is 247 g/mol. The van der Waals surface area contributed by atoms with Crippen molar-refractivity contribution in [2.45, 2.75) is 45.2 Å². The minimum Gasteiger partial charge on any atom is -0.349 e. The summed E-state index contributed by atoms with van der Waals surface area (Å²) in [5.41, 5.74) is 6.71. The van der Waals surface area contributed by atoms with Gasteiger partial charge in [0.25, 0.3) is 0 Å². The maximum atomic E-state index is 12.4. The molecule has 0 bridgehead atoms. The van der Waals surface area contributed by atoms with Crippen molar-refractivity contribution in [1.29, 1.82) is 0 Å². The van der Waals surface area contributed by atoms with E-state index in [0.29, 0.717) is 0 Å². The van der Waals surface area contributed by atoms with E-state index in [0.717, 1.165) is 24.8 Å². The second kappa shape index (κ2) is 5.06. The molecule has 98 valence electrons. The molecule has 1 fully saturated rings. The van der Waals surface area contributed by atoms with Crippen LogP contribution in [0.15, 0.2) is 24.5 Å². The van der Waals surface area contributed by atoms with E-state index in [1.54, 1.807) is 12.4 Å². The third kappa shape index (κ3) is 2.38. The number of carbonyl (C=O) groups excluding carboxylic acids is 1. The number of pyridine rings is 1. The Kier molecular flexibility index (Phi) is 3.66. The van der Waals surface area contributed by atoms with Crippen LogP contribution in [0.25, 0.3) is 0 Å². The molecule has 0 spiro atoms. The minimum atomic E-state index is -0.415. The van der Waals surface area contributed by atoms with E-state index in [1.807, 2.05) is 26.0 Å². The van der Waals surface area contributed by atoms with Crippen LogP contribution in [0.5, 0.6) is 0 Å². The van der Waals surface area contributed by atoms with Crippen molar-refractivity contribution in [2.75, 3.05) is 0 Å². The summed E-state index contributed by atoms with van der Waals surface area (Å²) in [4.78, 5) is 16.3. The lowest BCUT2D eigenvalue weighted by Gasteiger charge is -2.29. The molecule has 3 atom stereocenters. The van der Waals surface area contributed by atoms with Gasteiger partial charge in [0.15, 0.2) is 0 Å². The fourth-order valence-electron chi connectivity index (χ4n) is 2.57. The molecule has 1 amide bonds. The van der Waals surface area contributed by atoms with E-state index in [1.165, 1.54) is 0 Å². The lowest BCUT2D eigenvalue weighted by Crippen LogP contribution is -2.47. The molecule has 1 heterocycles. The summed E-state index contributed by atoms with van der Waals surface area (Å²) in [5, 5.41) is 3.06. The molecule has 1 aromatic rings. The smallest absolute Gasteiger partial charge is 0.227 e. The van der Waals surface area contributed by atoms with Crippen molar-refractivity contribution in [3.8, 4) is 0 Å². The fraction of sp³-hybridized carbons (Fsp3) is 0.571. The molecule has 2 rings (SSSR count). The zero-order valence-electron chi connectivity index (χ0n) is 11.0. The van der Waals surface area contributed by atoms with Gasteiger partial charge in [0.1, 0.15) is 0 Å². The Hall–Kier alpha value is -1.42. The maximum Gasteiger partial charge on any atom is 0.227 e. The number of carbonyl (C=O) groups is 1. The first kappa shape index (κ1) is 13.0. The second-order valence-electron chi connectivity index (χ2n) is 5.39. The summed E-state index contributed by atoms with van der Waals surface area (Å²) in [6.07, 6.45) is 6.33. The Morgan fingerprint density at radius 3 is 2.78 bits per heavy atom. The van der Waals surface area contributed by atoms with Crippen LogP contribution in [0, 0.1) is 5.41 Å². The van der Waals surface area contributed by atoms with Crippen molar-refractivity contribution < 1.29 is 4.79 Å². The number of nitrogens with zero attached hydrogens (tertiary/aromatic N) is 1. The van der Waals surface area contributed by atoms with E-state index < -0.39 is 5.41 Å². The molecule has 1 aliphatic carbocycles. The summed E-state index contributed by atoms with van der Waals surface area (Å²) in [6.45, 7) is 3.95. The number of amides is 1. The quantitative estimate of drug-likeness (QED) is 0.855. The molecule has 0 saturated heterocycles. The molecule has 1 aliphatic rings. The molecule has 0 radical (unpaired) electrons. The van der Waals surface area contributed by atoms with Crippen LogP contribution in [0.2, 0.25) is 0 Å². The lowest BCUT2D eigenvalue weighted by molar-refractivity contribution is -0.131. The molecule has 0 aliphatic heterocycles. The van der Waals surface area contributed by atoms with Crippen molar-refractivity contribution in [3.63, 3.8) is 0 Å². The lowest BCUT2D eigenvalue weighted by atomic mass is 9.84. The SMILES string of the molecule is CC(NC(=O)C1(C)CCCC1N)c1ccncc1. The predicted molar refractivity (Wildman–Crippen MR) is 70.7 cm³/mol. The summed E-state index contributed by atoms with van der Waals surface area (Å²) in [6, 6.07) is 3.80. The van der Waals surface area contributed by atoms with Gasteiger partial charge in [-0.1, -0.05) is 6.42 Å². The van der Waals surface area contributed by atoms with Gasteiger partial charge in [-0.25, -0.2) is 0 Å². The average Bonchev–Trinajstić information content (AvgIpc) is 2.72. The normalized spacial score (nSPS) is 28.9. The first-order valence-electron chi connectivity index (χ1n) is 6.50. The van der Waals surface area contributed by atoms with Crippen LogP contribution in [-0.4, -0.2) is 16.9 Å². The maximum absolute atomic E-state index is 12.4. The minimum absolute atomic E-state index is 0.00914. The first-order chi connectivity index (χ1) is 8.54. The van der Waals surface area contributed by atoms with E-state index in [2.05, 4.69) is 10.3 Å². The number of hydrogen-bond acceptors (Lipinski definition) is 3. The Morgan fingerprint density at radius 2 is 2.22 bits per heavy atom. The number of nitrogens with two attached hydrogens (primary N) is 1. The Labute approximate surface area is 108 Å². The third-order valence-electron chi connectivity index (χ3n) is 4.10. The highest BCUT2D eigenvalue weighted by atomic mass is 16.2. The van der Waals surface area contributed by atoms with Gasteiger partial charge < -0.3 is 11.1 Å². The van der Waals surface area contributed by atoms with Gasteiger partial charge in [0.2, 0.25) is 5.91 Å². The van der Waals surface area contributed by atoms with Gasteiger partial charge in [-0.05, 0) is 44.4 Å². The van der Waals surface area contributed by atoms with Crippen molar-refractivity contribution >= 4 is 5.91 Å². The van der Waals surface area contributed by atoms with Gasteiger partial charge in [-0.3, -0.25) is 9.78 Å². The molecule has 1 saturated carbocycles. The van der Waals surface area contributed by atoms with Crippen molar-refractivity contribution in [3.05, 3.63) is 30.1 Å². The second-order valence-corrected chi connectivity index (χ2v) is 5.39. The average molecular weight is 247 g/mol. The van der Waals surface area contributed by atoms with E-state index >= 15 is 0 Å². The highest BCUT2D eigenvalue weighted by Crippen LogP contribution is 2.37. The Balaban J connectivity index is 2.04. The van der Waals surface area contributed by atoms with E-state index in [4.69, 9.17) is 5.73 Å². The number of aromatic nitrogens is 1. The summed E-state index contributed by atoms with van der Waals surface area (Å²) in [5.74, 6) is 0.0665. The molecule has 4 heteroatoms. The summed E-state index contributed by atoms with van der Waals surface area (Å²) in [7, 11) is 0. The Morgan fingerprint density at radius 1 is 1.56 bits per heavy atom. The standard InChI is InChI=1S/C14H21N3O/c1-10(11-5-8-16-9-6-11)17-13(18)14(2)7-3-4-12(14)15/h5-6,8-10,12H,3-4,7,15H2,1-2H3,(H,17,18). The van der Waals surface area contributed by atoms with Gasteiger partial charge in [0, 0.05) is 18.4 Å². The van der Waals surface area contributed by atoms with Gasteiger partial charge in [0.05, 0.1) is 11.5 Å². The van der Waals surface area contributed by atoms with Crippen LogP contribution < -0.4 is 11.1 Å². The number of hydrogen-bond donors (Lipinski definition) is 2. The molecule has 18 heavy (non-hydrogen) atoms.